The Bertz CT molecular complexity index is 1390. The van der Waals surface area contributed by atoms with E-state index in [2.05, 4.69) is 31.3 Å². The number of carbonyl (C=O) groups is 2. The molecule has 188 valence electrons. The Morgan fingerprint density at radius 2 is 1.97 bits per heavy atom. The van der Waals surface area contributed by atoms with Gasteiger partial charge in [0.15, 0.2) is 11.9 Å². The van der Waals surface area contributed by atoms with Crippen molar-refractivity contribution >= 4 is 44.4 Å². The summed E-state index contributed by atoms with van der Waals surface area (Å²) in [5.74, 6) is 2.39. The van der Waals surface area contributed by atoms with Gasteiger partial charge in [-0.1, -0.05) is 0 Å². The third-order valence-electron chi connectivity index (χ3n) is 4.75. The number of hydrogen-bond donors (Lipinski definition) is 3. The predicted octanol–water partition coefficient (Wildman–Crippen LogP) is 2.59. The van der Waals surface area contributed by atoms with Gasteiger partial charge >= 0.3 is 0 Å². The summed E-state index contributed by atoms with van der Waals surface area (Å²) in [4.78, 5) is 29.3. The predicted molar refractivity (Wildman–Crippen MR) is 134 cm³/mol. The number of amides is 2. The maximum atomic E-state index is 14.0. The summed E-state index contributed by atoms with van der Waals surface area (Å²) in [6.07, 6.45) is 3.18. The number of aromatic nitrogens is 3. The zero-order valence-corrected chi connectivity index (χ0v) is 21.2. The number of nitrogens with one attached hydrogen (secondary N) is 3. The molecule has 3 rings (SSSR count). The van der Waals surface area contributed by atoms with Crippen LogP contribution in [0.1, 0.15) is 43.6 Å². The molecule has 1 aromatic carbocycles. The van der Waals surface area contributed by atoms with E-state index in [1.54, 1.807) is 13.8 Å². The highest BCUT2D eigenvalue weighted by atomic mass is 32.2. The van der Waals surface area contributed by atoms with Crippen molar-refractivity contribution in [1.82, 2.24) is 24.6 Å². The van der Waals surface area contributed by atoms with Gasteiger partial charge in [-0.2, -0.15) is 5.10 Å². The standard InChI is InChI=1S/C23H29FN6O4S/c1-13-16(22(32)29-35(6,7)33)11-30-19(13)20(25-12-26-30)27-17-9-8-15(24)10-18(17)34-14(2)21(31)28-23(3,4)5/h8-12,14H,6H2,1-5,7H3,(H,28,31)(H,25,26,27)(H,29,32,33). The number of rotatable bonds is 7. The van der Waals surface area contributed by atoms with Gasteiger partial charge in [0, 0.05) is 33.8 Å². The lowest BCUT2D eigenvalue weighted by atomic mass is 10.1. The largest absolute Gasteiger partial charge is 0.479 e. The van der Waals surface area contributed by atoms with Crippen LogP contribution < -0.4 is 20.1 Å². The van der Waals surface area contributed by atoms with E-state index in [-0.39, 0.29) is 17.2 Å². The molecule has 0 bridgehead atoms. The van der Waals surface area contributed by atoms with Crippen LogP contribution in [0.3, 0.4) is 0 Å². The number of ether oxygens (including phenoxy) is 1. The highest BCUT2D eigenvalue weighted by Gasteiger charge is 2.23. The molecule has 0 aliphatic carbocycles. The summed E-state index contributed by atoms with van der Waals surface area (Å²) >= 11 is 0. The van der Waals surface area contributed by atoms with E-state index < -0.39 is 33.1 Å². The molecule has 0 saturated heterocycles. The summed E-state index contributed by atoms with van der Waals surface area (Å²) in [6, 6.07) is 3.86. The van der Waals surface area contributed by atoms with Crippen molar-refractivity contribution in [3.8, 4) is 5.75 Å². The zero-order valence-electron chi connectivity index (χ0n) is 20.4. The van der Waals surface area contributed by atoms with Gasteiger partial charge < -0.3 is 15.4 Å². The first-order chi connectivity index (χ1) is 16.1. The average molecular weight is 505 g/mol. The van der Waals surface area contributed by atoms with E-state index in [9.17, 15) is 18.2 Å². The minimum Gasteiger partial charge on any atom is -0.479 e. The quantitative estimate of drug-likeness (QED) is 0.422. The van der Waals surface area contributed by atoms with E-state index in [1.807, 2.05) is 20.8 Å². The Balaban J connectivity index is 1.96. The number of halogens is 1. The topological polar surface area (TPSA) is 127 Å². The van der Waals surface area contributed by atoms with Crippen LogP contribution >= 0.6 is 0 Å². The molecule has 2 aromatic heterocycles. The second-order valence-electron chi connectivity index (χ2n) is 9.27. The monoisotopic (exact) mass is 504 g/mol. The molecule has 10 nitrogen and oxygen atoms in total. The summed E-state index contributed by atoms with van der Waals surface area (Å²) in [7, 11) is -2.77. The van der Waals surface area contributed by atoms with Gasteiger partial charge in [-0.3, -0.25) is 14.3 Å². The van der Waals surface area contributed by atoms with Gasteiger partial charge in [0.05, 0.1) is 11.3 Å². The van der Waals surface area contributed by atoms with E-state index in [0.717, 1.165) is 6.07 Å². The fourth-order valence-corrected chi connectivity index (χ4v) is 3.77. The second-order valence-corrected chi connectivity index (χ2v) is 11.5. The van der Waals surface area contributed by atoms with Crippen molar-refractivity contribution < 1.29 is 22.9 Å². The third-order valence-corrected chi connectivity index (χ3v) is 5.37. The first-order valence-electron chi connectivity index (χ1n) is 10.7. The van der Waals surface area contributed by atoms with Gasteiger partial charge in [0.25, 0.3) is 11.8 Å². The van der Waals surface area contributed by atoms with Crippen LogP contribution in [0.5, 0.6) is 5.75 Å². The minimum absolute atomic E-state index is 0.100. The summed E-state index contributed by atoms with van der Waals surface area (Å²) in [6.45, 7) is 8.79. The molecule has 0 spiro atoms. The maximum Gasteiger partial charge on any atom is 0.264 e. The lowest BCUT2D eigenvalue weighted by molar-refractivity contribution is -0.128. The summed E-state index contributed by atoms with van der Waals surface area (Å²) in [5.41, 5.74) is 1.13. The van der Waals surface area contributed by atoms with Crippen molar-refractivity contribution in [2.24, 2.45) is 0 Å². The SMILES string of the molecule is C=S(C)(=O)NC(=O)c1cn2ncnc(Nc3ccc(F)cc3OC(C)C(=O)NC(C)(C)C)c2c1C. The highest BCUT2D eigenvalue weighted by molar-refractivity contribution is 7.98. The van der Waals surface area contributed by atoms with Gasteiger partial charge in [-0.25, -0.2) is 18.1 Å². The fourth-order valence-electron chi connectivity index (χ4n) is 3.27. The molecular formula is C23H29FN6O4S. The van der Waals surface area contributed by atoms with E-state index in [1.165, 1.54) is 35.4 Å². The van der Waals surface area contributed by atoms with Crippen molar-refractivity contribution in [2.75, 3.05) is 11.6 Å². The van der Waals surface area contributed by atoms with E-state index in [0.29, 0.717) is 22.6 Å². The van der Waals surface area contributed by atoms with Crippen LogP contribution in [0.15, 0.2) is 30.7 Å². The van der Waals surface area contributed by atoms with Crippen LogP contribution in [0.2, 0.25) is 0 Å². The zero-order chi connectivity index (χ0) is 26.1. The van der Waals surface area contributed by atoms with Crippen LogP contribution in [-0.2, 0) is 14.5 Å². The molecule has 0 saturated carbocycles. The Labute approximate surface area is 203 Å². The number of hydrogen-bond acceptors (Lipinski definition) is 7. The second kappa shape index (κ2) is 9.53. The van der Waals surface area contributed by atoms with E-state index in [4.69, 9.17) is 4.74 Å². The number of fused-ring (bicyclic) bond motifs is 1. The normalized spacial score (nSPS) is 14.1. The van der Waals surface area contributed by atoms with Crippen LogP contribution in [0, 0.1) is 12.7 Å². The number of carbonyl (C=O) groups excluding carboxylic acids is 2. The van der Waals surface area contributed by atoms with Crippen LogP contribution in [-0.4, -0.2) is 54.4 Å². The molecule has 0 aliphatic heterocycles. The molecular weight excluding hydrogens is 475 g/mol. The average Bonchev–Trinajstić information content (AvgIpc) is 3.05. The Hall–Kier alpha value is -3.67. The van der Waals surface area contributed by atoms with Gasteiger partial charge in [-0.15, -0.1) is 0 Å². The summed E-state index contributed by atoms with van der Waals surface area (Å²) in [5, 5.41) is 10.0. The molecule has 3 N–H and O–H groups in total. The van der Waals surface area contributed by atoms with Gasteiger partial charge in [0.1, 0.15) is 23.4 Å². The number of aryl methyl sites for hydroxylation is 1. The molecule has 0 radical (unpaired) electrons. The number of nitrogens with zero attached hydrogens (tertiary/aromatic N) is 3. The maximum absolute atomic E-state index is 14.0. The van der Waals surface area contributed by atoms with Crippen LogP contribution in [0.25, 0.3) is 5.52 Å². The Morgan fingerprint density at radius 1 is 1.29 bits per heavy atom. The Morgan fingerprint density at radius 3 is 2.60 bits per heavy atom. The smallest absolute Gasteiger partial charge is 0.264 e. The van der Waals surface area contributed by atoms with Crippen molar-refractivity contribution in [1.29, 1.82) is 0 Å². The van der Waals surface area contributed by atoms with Gasteiger partial charge in [0.2, 0.25) is 0 Å². The fraction of sp³-hybridized carbons (Fsp3) is 0.348. The number of benzene rings is 1. The molecule has 35 heavy (non-hydrogen) atoms. The Kier molecular flexibility index (Phi) is 7.06. The third kappa shape index (κ3) is 6.47. The van der Waals surface area contributed by atoms with Crippen molar-refractivity contribution in [2.45, 2.75) is 46.3 Å². The van der Waals surface area contributed by atoms with Crippen molar-refractivity contribution in [3.63, 3.8) is 0 Å². The molecule has 12 heteroatoms. The molecule has 0 fully saturated rings. The van der Waals surface area contributed by atoms with Crippen molar-refractivity contribution in [3.05, 3.63) is 47.7 Å². The molecule has 2 atom stereocenters. The first kappa shape index (κ1) is 25.9. The molecule has 2 heterocycles. The number of anilines is 2. The minimum atomic E-state index is -2.77. The molecule has 0 aliphatic rings. The van der Waals surface area contributed by atoms with E-state index >= 15 is 0 Å². The lowest BCUT2D eigenvalue weighted by Gasteiger charge is -2.24. The molecule has 3 aromatic rings. The molecule has 2 unspecified atom stereocenters. The molecule has 2 amide bonds. The van der Waals surface area contributed by atoms with Crippen LogP contribution in [0.4, 0.5) is 15.9 Å². The highest BCUT2D eigenvalue weighted by Crippen LogP contribution is 2.32. The van der Waals surface area contributed by atoms with Gasteiger partial charge in [-0.05, 0) is 58.2 Å². The lowest BCUT2D eigenvalue weighted by Crippen LogP contribution is -2.46. The summed E-state index contributed by atoms with van der Waals surface area (Å²) < 4.78 is 35.6. The first-order valence-corrected chi connectivity index (χ1v) is 12.8.